The highest BCUT2D eigenvalue weighted by atomic mass is 79.9. The molecule has 1 aromatic carbocycles. The van der Waals surface area contributed by atoms with E-state index in [4.69, 9.17) is 5.73 Å². The summed E-state index contributed by atoms with van der Waals surface area (Å²) in [5, 5.41) is 6.95. The first-order chi connectivity index (χ1) is 9.65. The van der Waals surface area contributed by atoms with Gasteiger partial charge in [-0.3, -0.25) is 4.79 Å². The van der Waals surface area contributed by atoms with Crippen LogP contribution in [0, 0.1) is 0 Å². The minimum Gasteiger partial charge on any atom is -0.398 e. The van der Waals surface area contributed by atoms with Crippen molar-refractivity contribution in [3.8, 4) is 0 Å². The molecule has 0 fully saturated rings. The van der Waals surface area contributed by atoms with E-state index in [1.54, 1.807) is 35.1 Å². The highest BCUT2D eigenvalue weighted by molar-refractivity contribution is 9.10. The molecule has 0 saturated heterocycles. The zero-order valence-corrected chi connectivity index (χ0v) is 12.0. The maximum Gasteiger partial charge on any atom is 0.259 e. The number of pyridine rings is 1. The summed E-state index contributed by atoms with van der Waals surface area (Å²) >= 11 is 3.32. The van der Waals surface area contributed by atoms with E-state index >= 15 is 0 Å². The monoisotopic (exact) mass is 330 g/mol. The number of hydrogen-bond donors (Lipinski definition) is 2. The summed E-state index contributed by atoms with van der Waals surface area (Å²) in [5.74, 6) is -0.215. The van der Waals surface area contributed by atoms with Gasteiger partial charge in [0.25, 0.3) is 5.91 Å². The Hall–Kier alpha value is -2.34. The van der Waals surface area contributed by atoms with E-state index < -0.39 is 0 Å². The third-order valence-electron chi connectivity index (χ3n) is 2.92. The molecule has 0 aliphatic rings. The number of anilines is 2. The van der Waals surface area contributed by atoms with Crippen LogP contribution in [-0.4, -0.2) is 15.5 Å². The number of rotatable bonds is 2. The highest BCUT2D eigenvalue weighted by Crippen LogP contribution is 2.23. The van der Waals surface area contributed by atoms with Gasteiger partial charge in [-0.25, -0.2) is 4.52 Å². The number of nitrogens with two attached hydrogens (primary N) is 1. The number of benzene rings is 1. The van der Waals surface area contributed by atoms with Crippen molar-refractivity contribution in [1.29, 1.82) is 0 Å². The molecule has 100 valence electrons. The molecule has 0 spiro atoms. The summed E-state index contributed by atoms with van der Waals surface area (Å²) in [7, 11) is 0. The predicted octanol–water partition coefficient (Wildman–Crippen LogP) is 2.93. The molecular weight excluding hydrogens is 320 g/mol. The van der Waals surface area contributed by atoms with E-state index in [1.165, 1.54) is 0 Å². The average molecular weight is 331 g/mol. The SMILES string of the molecule is Nc1cc(NC(=O)c2cnn3ccccc23)ccc1Br. The van der Waals surface area contributed by atoms with E-state index in [0.29, 0.717) is 16.9 Å². The molecule has 0 aliphatic carbocycles. The maximum atomic E-state index is 12.3. The van der Waals surface area contributed by atoms with Crippen molar-refractivity contribution in [3.63, 3.8) is 0 Å². The third-order valence-corrected chi connectivity index (χ3v) is 3.65. The fourth-order valence-corrected chi connectivity index (χ4v) is 2.18. The Labute approximate surface area is 123 Å². The molecule has 2 heterocycles. The standard InChI is InChI=1S/C14H11BrN4O/c15-11-5-4-9(7-12(11)16)18-14(20)10-8-17-19-6-2-1-3-13(10)19/h1-8H,16H2,(H,18,20). The van der Waals surface area contributed by atoms with Crippen molar-refractivity contribution in [1.82, 2.24) is 9.61 Å². The van der Waals surface area contributed by atoms with Gasteiger partial charge in [0.05, 0.1) is 17.3 Å². The summed E-state index contributed by atoms with van der Waals surface area (Å²) in [6.45, 7) is 0. The van der Waals surface area contributed by atoms with Crippen LogP contribution in [0.1, 0.15) is 10.4 Å². The average Bonchev–Trinajstić information content (AvgIpc) is 2.87. The van der Waals surface area contributed by atoms with E-state index in [0.717, 1.165) is 9.99 Å². The summed E-state index contributed by atoms with van der Waals surface area (Å²) in [4.78, 5) is 12.3. The van der Waals surface area contributed by atoms with E-state index in [9.17, 15) is 4.79 Å². The molecule has 20 heavy (non-hydrogen) atoms. The van der Waals surface area contributed by atoms with E-state index in [2.05, 4.69) is 26.3 Å². The summed E-state index contributed by atoms with van der Waals surface area (Å²) < 4.78 is 2.46. The first-order valence-corrected chi connectivity index (χ1v) is 6.73. The lowest BCUT2D eigenvalue weighted by atomic mass is 10.2. The minimum absolute atomic E-state index is 0.215. The van der Waals surface area contributed by atoms with Gasteiger partial charge in [-0.1, -0.05) is 6.07 Å². The smallest absolute Gasteiger partial charge is 0.259 e. The highest BCUT2D eigenvalue weighted by Gasteiger charge is 2.12. The topological polar surface area (TPSA) is 72.4 Å². The van der Waals surface area contributed by atoms with Gasteiger partial charge < -0.3 is 11.1 Å². The van der Waals surface area contributed by atoms with Crippen LogP contribution in [0.15, 0.2) is 53.3 Å². The van der Waals surface area contributed by atoms with Crippen LogP contribution < -0.4 is 11.1 Å². The number of carbonyl (C=O) groups is 1. The molecule has 3 rings (SSSR count). The molecule has 3 N–H and O–H groups in total. The van der Waals surface area contributed by atoms with Gasteiger partial charge >= 0.3 is 0 Å². The number of aromatic nitrogens is 2. The first-order valence-electron chi connectivity index (χ1n) is 5.94. The Kier molecular flexibility index (Phi) is 3.15. The van der Waals surface area contributed by atoms with Crippen molar-refractivity contribution in [2.24, 2.45) is 0 Å². The second-order valence-corrected chi connectivity index (χ2v) is 5.13. The summed E-state index contributed by atoms with van der Waals surface area (Å²) in [6.07, 6.45) is 3.34. The number of carbonyl (C=O) groups excluding carboxylic acids is 1. The lowest BCUT2D eigenvalue weighted by Gasteiger charge is -2.06. The molecule has 3 aromatic rings. The van der Waals surface area contributed by atoms with Crippen LogP contribution in [0.4, 0.5) is 11.4 Å². The lowest BCUT2D eigenvalue weighted by Crippen LogP contribution is -2.11. The summed E-state index contributed by atoms with van der Waals surface area (Å²) in [6, 6.07) is 10.8. The normalized spacial score (nSPS) is 10.7. The van der Waals surface area contributed by atoms with Crippen LogP contribution in [-0.2, 0) is 0 Å². The molecule has 2 aromatic heterocycles. The Morgan fingerprint density at radius 2 is 2.15 bits per heavy atom. The van der Waals surface area contributed by atoms with Crippen LogP contribution in [0.25, 0.3) is 5.52 Å². The fourth-order valence-electron chi connectivity index (χ4n) is 1.93. The lowest BCUT2D eigenvalue weighted by molar-refractivity contribution is 0.102. The number of nitrogens with zero attached hydrogens (tertiary/aromatic N) is 2. The number of nitrogens with one attached hydrogen (secondary N) is 1. The number of nitrogen functional groups attached to an aromatic ring is 1. The fraction of sp³-hybridized carbons (Fsp3) is 0. The van der Waals surface area contributed by atoms with Crippen molar-refractivity contribution in [2.75, 3.05) is 11.1 Å². The number of hydrogen-bond acceptors (Lipinski definition) is 3. The molecule has 5 nitrogen and oxygen atoms in total. The zero-order chi connectivity index (χ0) is 14.1. The van der Waals surface area contributed by atoms with Crippen molar-refractivity contribution in [2.45, 2.75) is 0 Å². The van der Waals surface area contributed by atoms with Gasteiger partial charge in [0.15, 0.2) is 0 Å². The Balaban J connectivity index is 1.91. The van der Waals surface area contributed by atoms with Gasteiger partial charge in [0, 0.05) is 22.0 Å². The predicted molar refractivity (Wildman–Crippen MR) is 81.7 cm³/mol. The Bertz CT molecular complexity index is 797. The van der Waals surface area contributed by atoms with Crippen LogP contribution >= 0.6 is 15.9 Å². The largest absolute Gasteiger partial charge is 0.398 e. The van der Waals surface area contributed by atoms with Gasteiger partial charge in [-0.05, 0) is 46.3 Å². The number of amides is 1. The minimum atomic E-state index is -0.215. The quantitative estimate of drug-likeness (QED) is 0.709. The molecule has 0 bridgehead atoms. The molecule has 0 saturated carbocycles. The van der Waals surface area contributed by atoms with Gasteiger partial charge in [-0.15, -0.1) is 0 Å². The van der Waals surface area contributed by atoms with E-state index in [-0.39, 0.29) is 5.91 Å². The first kappa shape index (κ1) is 12.7. The van der Waals surface area contributed by atoms with E-state index in [1.807, 2.05) is 18.2 Å². The molecule has 0 unspecified atom stereocenters. The molecule has 0 radical (unpaired) electrons. The van der Waals surface area contributed by atoms with Crippen molar-refractivity contribution >= 4 is 38.7 Å². The Morgan fingerprint density at radius 3 is 2.95 bits per heavy atom. The summed E-state index contributed by atoms with van der Waals surface area (Å²) in [5.41, 5.74) is 8.29. The molecule has 6 heteroatoms. The van der Waals surface area contributed by atoms with Crippen molar-refractivity contribution < 1.29 is 4.79 Å². The van der Waals surface area contributed by atoms with Gasteiger partial charge in [-0.2, -0.15) is 5.10 Å². The zero-order valence-electron chi connectivity index (χ0n) is 10.4. The van der Waals surface area contributed by atoms with Crippen LogP contribution in [0.3, 0.4) is 0 Å². The maximum absolute atomic E-state index is 12.3. The second kappa shape index (κ2) is 4.97. The Morgan fingerprint density at radius 1 is 1.30 bits per heavy atom. The van der Waals surface area contributed by atoms with Gasteiger partial charge in [0.2, 0.25) is 0 Å². The molecular formula is C14H11BrN4O. The third kappa shape index (κ3) is 2.25. The van der Waals surface area contributed by atoms with Crippen LogP contribution in [0.5, 0.6) is 0 Å². The molecule has 0 aliphatic heterocycles. The van der Waals surface area contributed by atoms with Gasteiger partial charge in [0.1, 0.15) is 0 Å². The number of halogens is 1. The molecule has 0 atom stereocenters. The molecule has 1 amide bonds. The van der Waals surface area contributed by atoms with Crippen molar-refractivity contribution in [3.05, 3.63) is 58.8 Å². The number of fused-ring (bicyclic) bond motifs is 1. The van der Waals surface area contributed by atoms with Crippen LogP contribution in [0.2, 0.25) is 0 Å². The second-order valence-electron chi connectivity index (χ2n) is 4.28.